The zero-order valence-corrected chi connectivity index (χ0v) is 14.2. The highest BCUT2D eigenvalue weighted by atomic mass is 31.3. The number of aliphatic hydroxyl groups excluding tert-OH is 6. The molecule has 0 aliphatic carbocycles. The molecule has 0 aliphatic rings. The Morgan fingerprint density at radius 2 is 1.04 bits per heavy atom. The summed E-state index contributed by atoms with van der Waals surface area (Å²) < 4.78 is 41.4. The fourth-order valence-electron chi connectivity index (χ4n) is 0.927. The molecule has 0 aliphatic heterocycles. The molecule has 0 saturated carbocycles. The average molecular weight is 400 g/mol. The van der Waals surface area contributed by atoms with Crippen molar-refractivity contribution < 1.29 is 62.5 Å². The van der Waals surface area contributed by atoms with Crippen molar-refractivity contribution in [3.05, 3.63) is 0 Å². The fourth-order valence-corrected chi connectivity index (χ4v) is 3.65. The highest BCUT2D eigenvalue weighted by Crippen LogP contribution is 2.63. The summed E-state index contributed by atoms with van der Waals surface area (Å²) in [5.74, 6) is 0. The van der Waals surface area contributed by atoms with Gasteiger partial charge in [-0.05, 0) is 0 Å². The molecule has 0 rings (SSSR count). The SMILES string of the molecule is O=P(O)(OCC(O)CO)OP(=O)(OCC(O)CO)OCC(O)CO. The molecule has 0 aromatic rings. The van der Waals surface area contributed by atoms with Gasteiger partial charge in [-0.1, -0.05) is 0 Å². The second kappa shape index (κ2) is 11.6. The van der Waals surface area contributed by atoms with E-state index >= 15 is 0 Å². The summed E-state index contributed by atoms with van der Waals surface area (Å²) in [4.78, 5) is 9.40. The van der Waals surface area contributed by atoms with Crippen LogP contribution in [0.5, 0.6) is 0 Å². The van der Waals surface area contributed by atoms with Crippen LogP contribution in [0.25, 0.3) is 0 Å². The van der Waals surface area contributed by atoms with Gasteiger partial charge in [0.25, 0.3) is 0 Å². The van der Waals surface area contributed by atoms with Crippen LogP contribution in [0.2, 0.25) is 0 Å². The molecule has 0 heterocycles. The Morgan fingerprint density at radius 3 is 1.38 bits per heavy atom. The molecule has 4 atom stereocenters. The minimum absolute atomic E-state index is 0.782. The van der Waals surface area contributed by atoms with Crippen molar-refractivity contribution in [3.8, 4) is 0 Å². The molecule has 15 heteroatoms. The summed E-state index contributed by atoms with van der Waals surface area (Å²) in [5.41, 5.74) is 0. The third-order valence-corrected chi connectivity index (χ3v) is 5.15. The number of phosphoric ester groups is 2. The maximum Gasteiger partial charge on any atom is 0.483 e. The van der Waals surface area contributed by atoms with Gasteiger partial charge in [-0.3, -0.25) is 13.6 Å². The molecule has 0 radical (unpaired) electrons. The molecule has 0 aromatic heterocycles. The minimum Gasteiger partial charge on any atom is -0.394 e. The smallest absolute Gasteiger partial charge is 0.394 e. The molecule has 7 N–H and O–H groups in total. The normalized spacial score (nSPS) is 20.8. The summed E-state index contributed by atoms with van der Waals surface area (Å²) in [7, 11) is -9.96. The molecule has 146 valence electrons. The van der Waals surface area contributed by atoms with E-state index in [4.69, 9.17) is 30.6 Å². The number of hydrogen-bond acceptors (Lipinski definition) is 12. The van der Waals surface area contributed by atoms with Gasteiger partial charge in [0.1, 0.15) is 18.3 Å². The van der Waals surface area contributed by atoms with E-state index in [0.29, 0.717) is 0 Å². The van der Waals surface area contributed by atoms with Gasteiger partial charge >= 0.3 is 15.6 Å². The van der Waals surface area contributed by atoms with Crippen molar-refractivity contribution in [2.24, 2.45) is 0 Å². The van der Waals surface area contributed by atoms with Crippen molar-refractivity contribution >= 4 is 15.6 Å². The van der Waals surface area contributed by atoms with Crippen molar-refractivity contribution in [3.63, 3.8) is 0 Å². The largest absolute Gasteiger partial charge is 0.483 e. The van der Waals surface area contributed by atoms with Gasteiger partial charge in [0.05, 0.1) is 39.6 Å². The van der Waals surface area contributed by atoms with Crippen LogP contribution in [0.4, 0.5) is 0 Å². The highest BCUT2D eigenvalue weighted by Gasteiger charge is 2.39. The number of phosphoric acid groups is 2. The number of hydrogen-bond donors (Lipinski definition) is 7. The maximum atomic E-state index is 12.2. The quantitative estimate of drug-likeness (QED) is 0.148. The Labute approximate surface area is 137 Å². The first-order valence-electron chi connectivity index (χ1n) is 6.52. The van der Waals surface area contributed by atoms with Crippen LogP contribution >= 0.6 is 15.6 Å². The lowest BCUT2D eigenvalue weighted by molar-refractivity contribution is 0.0115. The van der Waals surface area contributed by atoms with Crippen molar-refractivity contribution in [2.45, 2.75) is 18.3 Å². The Balaban J connectivity index is 4.88. The molecule has 0 bridgehead atoms. The second-order valence-electron chi connectivity index (χ2n) is 4.39. The van der Waals surface area contributed by atoms with Gasteiger partial charge < -0.3 is 35.5 Å². The summed E-state index contributed by atoms with van der Waals surface area (Å²) in [6.45, 7) is -4.83. The van der Waals surface area contributed by atoms with Gasteiger partial charge in [-0.15, -0.1) is 0 Å². The van der Waals surface area contributed by atoms with E-state index in [9.17, 15) is 14.0 Å². The molecular formula is C9H22O13P2. The highest BCUT2D eigenvalue weighted by molar-refractivity contribution is 7.61. The molecule has 0 amide bonds. The fraction of sp³-hybridized carbons (Fsp3) is 1.00. The Morgan fingerprint density at radius 1 is 0.708 bits per heavy atom. The summed E-state index contributed by atoms with van der Waals surface area (Å²) in [6, 6.07) is 0. The average Bonchev–Trinajstić information content (AvgIpc) is 2.55. The zero-order chi connectivity index (χ0) is 18.8. The first-order chi connectivity index (χ1) is 11.1. The predicted octanol–water partition coefficient (Wildman–Crippen LogP) is -2.68. The summed E-state index contributed by atoms with van der Waals surface area (Å²) in [5, 5.41) is 53.1. The van der Waals surface area contributed by atoms with E-state index in [1.54, 1.807) is 0 Å². The van der Waals surface area contributed by atoms with Crippen LogP contribution in [0.15, 0.2) is 0 Å². The Hall–Kier alpha value is 0.0200. The molecular weight excluding hydrogens is 378 g/mol. The van der Waals surface area contributed by atoms with Gasteiger partial charge in [-0.25, -0.2) is 9.13 Å². The van der Waals surface area contributed by atoms with Crippen molar-refractivity contribution in [2.75, 3.05) is 39.6 Å². The standard InChI is InChI=1S/C9H22O13P2/c10-1-7(13)4-19-23(16,17)22-24(18,20-5-8(14)2-11)21-6-9(15)3-12/h7-15H,1-6H2,(H,16,17). The monoisotopic (exact) mass is 400 g/mol. The van der Waals surface area contributed by atoms with Crippen LogP contribution in [0, 0.1) is 0 Å². The van der Waals surface area contributed by atoms with Crippen LogP contribution in [0.1, 0.15) is 0 Å². The topological polar surface area (TPSA) is 213 Å². The van der Waals surface area contributed by atoms with Gasteiger partial charge in [0.2, 0.25) is 0 Å². The Bertz CT molecular complexity index is 414. The molecule has 13 nitrogen and oxygen atoms in total. The van der Waals surface area contributed by atoms with Crippen LogP contribution < -0.4 is 0 Å². The molecule has 0 saturated heterocycles. The van der Waals surface area contributed by atoms with Crippen LogP contribution in [0.3, 0.4) is 0 Å². The first kappa shape index (κ1) is 24.0. The van der Waals surface area contributed by atoms with E-state index in [-0.39, 0.29) is 0 Å². The lowest BCUT2D eigenvalue weighted by Crippen LogP contribution is -2.22. The van der Waals surface area contributed by atoms with Crippen LogP contribution in [-0.4, -0.2) is 93.5 Å². The molecule has 24 heavy (non-hydrogen) atoms. The van der Waals surface area contributed by atoms with Gasteiger partial charge in [-0.2, -0.15) is 4.31 Å². The van der Waals surface area contributed by atoms with Gasteiger partial charge in [0, 0.05) is 0 Å². The summed E-state index contributed by atoms with van der Waals surface area (Å²) in [6.07, 6.45) is -4.53. The molecule has 0 aromatic carbocycles. The predicted molar refractivity (Wildman–Crippen MR) is 75.7 cm³/mol. The van der Waals surface area contributed by atoms with E-state index in [1.807, 2.05) is 0 Å². The Kier molecular flexibility index (Phi) is 11.6. The lowest BCUT2D eigenvalue weighted by atomic mass is 10.4. The molecule has 0 fully saturated rings. The van der Waals surface area contributed by atoms with E-state index in [2.05, 4.69) is 17.9 Å². The summed E-state index contributed by atoms with van der Waals surface area (Å²) >= 11 is 0. The second-order valence-corrected chi connectivity index (χ2v) is 7.65. The maximum absolute atomic E-state index is 12.2. The molecule has 4 unspecified atom stereocenters. The van der Waals surface area contributed by atoms with E-state index in [0.717, 1.165) is 0 Å². The zero-order valence-electron chi connectivity index (χ0n) is 12.4. The lowest BCUT2D eigenvalue weighted by Gasteiger charge is -2.22. The van der Waals surface area contributed by atoms with Crippen molar-refractivity contribution in [1.82, 2.24) is 0 Å². The van der Waals surface area contributed by atoms with E-state index in [1.165, 1.54) is 0 Å². The number of aliphatic hydroxyl groups is 6. The third-order valence-electron chi connectivity index (χ3n) is 2.12. The van der Waals surface area contributed by atoms with Crippen molar-refractivity contribution in [1.29, 1.82) is 0 Å². The molecule has 0 spiro atoms. The third kappa shape index (κ3) is 10.8. The first-order valence-corrected chi connectivity index (χ1v) is 9.47. The van der Waals surface area contributed by atoms with Gasteiger partial charge in [0.15, 0.2) is 0 Å². The van der Waals surface area contributed by atoms with E-state index < -0.39 is 73.6 Å². The minimum atomic E-state index is -5.09. The number of rotatable bonds is 14. The van der Waals surface area contributed by atoms with Crippen LogP contribution in [-0.2, 0) is 27.0 Å².